The molecule has 2 nitrogen and oxygen atoms in total. The molecule has 0 radical (unpaired) electrons. The lowest BCUT2D eigenvalue weighted by molar-refractivity contribution is 1.27. The highest BCUT2D eigenvalue weighted by atomic mass is 15.0. The second-order valence-corrected chi connectivity index (χ2v) is 4.38. The van der Waals surface area contributed by atoms with E-state index in [1.165, 1.54) is 0 Å². The molecule has 4 rings (SSSR count). The number of para-hydroxylation sites is 1. The number of fused-ring (bicyclic) bond motifs is 6. The summed E-state index contributed by atoms with van der Waals surface area (Å²) in [4.78, 5) is 4.36. The van der Waals surface area contributed by atoms with Crippen LogP contribution in [0.5, 0.6) is 0 Å². The van der Waals surface area contributed by atoms with Gasteiger partial charge in [0.25, 0.3) is 0 Å². The summed E-state index contributed by atoms with van der Waals surface area (Å²) in [5, 5.41) is 3.14. The van der Waals surface area contributed by atoms with Crippen molar-refractivity contribution in [2.24, 2.45) is 0 Å². The van der Waals surface area contributed by atoms with E-state index in [1.807, 2.05) is 52.9 Å². The minimum Gasteiger partial charge on any atom is -0.299 e. The van der Waals surface area contributed by atoms with Crippen LogP contribution in [0, 0.1) is 6.85 Å². The van der Waals surface area contributed by atoms with E-state index in [0.717, 1.165) is 21.7 Å². The van der Waals surface area contributed by atoms with Crippen LogP contribution < -0.4 is 0 Å². The van der Waals surface area contributed by atoms with Crippen LogP contribution in [0.25, 0.3) is 27.3 Å². The molecule has 2 aromatic carbocycles. The van der Waals surface area contributed by atoms with Crippen LogP contribution in [0.15, 0.2) is 54.7 Å². The van der Waals surface area contributed by atoms with Gasteiger partial charge in [-0.1, -0.05) is 42.5 Å². The van der Waals surface area contributed by atoms with E-state index in [1.54, 1.807) is 6.20 Å². The fourth-order valence-electron chi connectivity index (χ4n) is 2.58. The SMILES string of the molecule is [2H]C([2H])([2H])c1cn2c3ccccc3c3ccccc3c2n1. The number of benzene rings is 2. The summed E-state index contributed by atoms with van der Waals surface area (Å²) in [6.07, 6.45) is 1.62. The minimum absolute atomic E-state index is 0.129. The van der Waals surface area contributed by atoms with E-state index in [-0.39, 0.29) is 5.69 Å². The molecule has 0 atom stereocenters. The molecule has 2 aromatic heterocycles. The fourth-order valence-corrected chi connectivity index (χ4v) is 2.58. The number of aryl methyl sites for hydroxylation is 1. The van der Waals surface area contributed by atoms with E-state index in [0.29, 0.717) is 5.65 Å². The standard InChI is InChI=1S/C16H12N2/c1-11-10-18-15-9-5-4-7-13(15)12-6-2-3-8-14(12)16(18)17-11/h2-10H,1H3/i1D3. The van der Waals surface area contributed by atoms with Crippen molar-refractivity contribution in [3.63, 3.8) is 0 Å². The molecule has 0 aliphatic rings. The predicted molar refractivity (Wildman–Crippen MR) is 74.9 cm³/mol. The molecule has 18 heavy (non-hydrogen) atoms. The van der Waals surface area contributed by atoms with Crippen LogP contribution in [0.1, 0.15) is 9.81 Å². The molecular formula is C16H12N2. The molecule has 2 heteroatoms. The molecule has 0 aliphatic carbocycles. The van der Waals surface area contributed by atoms with E-state index in [9.17, 15) is 0 Å². The average molecular weight is 235 g/mol. The van der Waals surface area contributed by atoms with Crippen molar-refractivity contribution >= 4 is 27.3 Å². The molecule has 4 aromatic rings. The lowest BCUT2D eigenvalue weighted by Gasteiger charge is -2.07. The largest absolute Gasteiger partial charge is 0.299 e. The van der Waals surface area contributed by atoms with Crippen molar-refractivity contribution in [3.05, 3.63) is 60.4 Å². The molecule has 0 saturated carbocycles. The van der Waals surface area contributed by atoms with Gasteiger partial charge in [0.1, 0.15) is 5.65 Å². The smallest absolute Gasteiger partial charge is 0.145 e. The summed E-state index contributed by atoms with van der Waals surface area (Å²) >= 11 is 0. The average Bonchev–Trinajstić information content (AvgIpc) is 2.93. The maximum atomic E-state index is 7.58. The molecule has 0 fully saturated rings. The van der Waals surface area contributed by atoms with Crippen LogP contribution in [-0.4, -0.2) is 9.38 Å². The summed E-state index contributed by atoms with van der Waals surface area (Å²) in [6.45, 7) is -2.20. The molecule has 0 amide bonds. The van der Waals surface area contributed by atoms with Crippen molar-refractivity contribution in [1.29, 1.82) is 0 Å². The van der Waals surface area contributed by atoms with Crippen LogP contribution >= 0.6 is 0 Å². The fraction of sp³-hybridized carbons (Fsp3) is 0.0625. The second-order valence-electron chi connectivity index (χ2n) is 4.38. The molecule has 0 N–H and O–H groups in total. The maximum absolute atomic E-state index is 7.58. The number of pyridine rings is 1. The van der Waals surface area contributed by atoms with E-state index < -0.39 is 6.85 Å². The Bertz CT molecular complexity index is 910. The number of nitrogens with zero attached hydrogens (tertiary/aromatic N) is 2. The Balaban J connectivity index is 2.29. The number of aromatic nitrogens is 2. The first-order chi connectivity index (χ1) is 10.1. The lowest BCUT2D eigenvalue weighted by atomic mass is 10.1. The first kappa shape index (κ1) is 7.17. The van der Waals surface area contributed by atoms with Gasteiger partial charge in [0.2, 0.25) is 0 Å². The van der Waals surface area contributed by atoms with Gasteiger partial charge in [-0.25, -0.2) is 4.98 Å². The Morgan fingerprint density at radius 2 is 1.67 bits per heavy atom. The van der Waals surface area contributed by atoms with Crippen molar-refractivity contribution < 1.29 is 4.11 Å². The van der Waals surface area contributed by atoms with Gasteiger partial charge in [0.05, 0.1) is 11.2 Å². The van der Waals surface area contributed by atoms with Crippen molar-refractivity contribution in [2.45, 2.75) is 6.85 Å². The molecule has 0 unspecified atom stereocenters. The van der Waals surface area contributed by atoms with Gasteiger partial charge in [-0.2, -0.15) is 0 Å². The third kappa shape index (κ3) is 1.15. The van der Waals surface area contributed by atoms with Crippen LogP contribution in [-0.2, 0) is 0 Å². The Kier molecular flexibility index (Phi) is 1.32. The Labute approximate surface area is 109 Å². The molecule has 2 heterocycles. The van der Waals surface area contributed by atoms with Gasteiger partial charge in [-0.15, -0.1) is 0 Å². The molecule has 0 bridgehead atoms. The molecule has 0 spiro atoms. The lowest BCUT2D eigenvalue weighted by Crippen LogP contribution is -1.89. The van der Waals surface area contributed by atoms with E-state index in [4.69, 9.17) is 4.11 Å². The highest BCUT2D eigenvalue weighted by molar-refractivity contribution is 6.11. The number of rotatable bonds is 0. The second kappa shape index (κ2) is 3.33. The monoisotopic (exact) mass is 235 g/mol. The van der Waals surface area contributed by atoms with Crippen LogP contribution in [0.4, 0.5) is 0 Å². The molecular weight excluding hydrogens is 220 g/mol. The Morgan fingerprint density at radius 1 is 0.944 bits per heavy atom. The van der Waals surface area contributed by atoms with Gasteiger partial charge in [0.15, 0.2) is 0 Å². The predicted octanol–water partition coefficient (Wildman–Crippen LogP) is 3.95. The summed E-state index contributed by atoms with van der Waals surface area (Å²) in [5.41, 5.74) is 1.79. The first-order valence-corrected chi connectivity index (χ1v) is 5.85. The van der Waals surface area contributed by atoms with Crippen LogP contribution in [0.3, 0.4) is 0 Å². The molecule has 0 saturated heterocycles. The minimum atomic E-state index is -2.20. The maximum Gasteiger partial charge on any atom is 0.145 e. The van der Waals surface area contributed by atoms with Crippen molar-refractivity contribution in [2.75, 3.05) is 0 Å². The third-order valence-electron chi connectivity index (χ3n) is 3.33. The zero-order valence-electron chi connectivity index (χ0n) is 12.6. The zero-order chi connectivity index (χ0) is 14.6. The topological polar surface area (TPSA) is 17.3 Å². The van der Waals surface area contributed by atoms with Gasteiger partial charge in [-0.05, 0) is 18.3 Å². The molecule has 86 valence electrons. The Hall–Kier alpha value is -2.35. The van der Waals surface area contributed by atoms with Crippen LogP contribution in [0.2, 0.25) is 0 Å². The van der Waals surface area contributed by atoms with E-state index >= 15 is 0 Å². The van der Waals surface area contributed by atoms with Gasteiger partial charge >= 0.3 is 0 Å². The first-order valence-electron chi connectivity index (χ1n) is 7.35. The number of imidazole rings is 1. The quantitative estimate of drug-likeness (QED) is 0.422. The summed E-state index contributed by atoms with van der Waals surface area (Å²) in [7, 11) is 0. The summed E-state index contributed by atoms with van der Waals surface area (Å²) in [5.74, 6) is 0. The van der Waals surface area contributed by atoms with E-state index in [2.05, 4.69) is 4.98 Å². The van der Waals surface area contributed by atoms with Crippen molar-refractivity contribution in [1.82, 2.24) is 9.38 Å². The summed E-state index contributed by atoms with van der Waals surface area (Å²) < 4.78 is 24.6. The van der Waals surface area contributed by atoms with Gasteiger partial charge in [-0.3, -0.25) is 4.40 Å². The number of hydrogen-bond donors (Lipinski definition) is 0. The third-order valence-corrected chi connectivity index (χ3v) is 3.33. The van der Waals surface area contributed by atoms with Crippen molar-refractivity contribution in [3.8, 4) is 0 Å². The highest BCUT2D eigenvalue weighted by Gasteiger charge is 2.08. The summed E-state index contributed by atoms with van der Waals surface area (Å²) in [6, 6.07) is 15.9. The molecule has 0 aliphatic heterocycles. The Morgan fingerprint density at radius 3 is 2.50 bits per heavy atom. The normalized spacial score (nSPS) is 14.8. The number of hydrogen-bond acceptors (Lipinski definition) is 1. The van der Waals surface area contributed by atoms with Gasteiger partial charge in [0, 0.05) is 21.1 Å². The van der Waals surface area contributed by atoms with Gasteiger partial charge < -0.3 is 0 Å². The highest BCUT2D eigenvalue weighted by Crippen LogP contribution is 2.28. The zero-order valence-corrected chi connectivity index (χ0v) is 9.59.